The first-order chi connectivity index (χ1) is 10.7. The minimum absolute atomic E-state index is 0.0627. The molecular weight excluding hydrogens is 296 g/mol. The quantitative estimate of drug-likeness (QED) is 0.360. The molecular formula is C6N16. The first kappa shape index (κ1) is 12.8. The number of azide groups is 3. The molecule has 0 saturated carbocycles. The van der Waals surface area contributed by atoms with Gasteiger partial charge in [-0.1, -0.05) is 0 Å². The number of hydrogen-bond donors (Lipinski definition) is 0. The van der Waals surface area contributed by atoms with Crippen molar-refractivity contribution in [2.24, 2.45) is 45.3 Å². The monoisotopic (exact) mass is 296 g/mol. The fraction of sp³-hybridized carbons (Fsp3) is 0. The van der Waals surface area contributed by atoms with Crippen LogP contribution >= 0.6 is 0 Å². The zero-order chi connectivity index (χ0) is 15.5. The molecule has 104 valence electrons. The molecule has 0 spiro atoms. The van der Waals surface area contributed by atoms with Crippen LogP contribution in [0.15, 0.2) is 45.3 Å². The molecule has 0 aromatic carbocycles. The highest BCUT2D eigenvalue weighted by Crippen LogP contribution is 2.17. The molecule has 3 heterocycles. The van der Waals surface area contributed by atoms with Crippen LogP contribution in [-0.2, 0) is 0 Å². The van der Waals surface area contributed by atoms with Crippen molar-refractivity contribution in [3.8, 4) is 0 Å². The van der Waals surface area contributed by atoms with Crippen LogP contribution in [0, 0.1) is 0 Å². The van der Waals surface area contributed by atoms with Crippen LogP contribution in [0.4, 0.5) is 0 Å². The highest BCUT2D eigenvalue weighted by atomic mass is 15.5. The van der Waals surface area contributed by atoms with Gasteiger partial charge >= 0.3 is 0 Å². The SMILES string of the molecule is [N-]=[N+]=NC1=NC2=NC(N=[N+]=[N-])=NC3=NC(N=[N+]=[N-])=NC(=N1)N23. The average molecular weight is 296 g/mol. The molecule has 3 aliphatic rings. The second-order valence-corrected chi connectivity index (χ2v) is 3.37. The maximum atomic E-state index is 8.45. The van der Waals surface area contributed by atoms with E-state index >= 15 is 0 Å². The number of guanidine groups is 6. The molecule has 16 nitrogen and oxygen atoms in total. The third-order valence-electron chi connectivity index (χ3n) is 2.20. The molecule has 0 bridgehead atoms. The van der Waals surface area contributed by atoms with Crippen LogP contribution in [0.25, 0.3) is 31.3 Å². The van der Waals surface area contributed by atoms with E-state index in [9.17, 15) is 0 Å². The van der Waals surface area contributed by atoms with E-state index in [1.165, 1.54) is 4.90 Å². The van der Waals surface area contributed by atoms with E-state index in [1.807, 2.05) is 0 Å². The summed E-state index contributed by atoms with van der Waals surface area (Å²) in [5.41, 5.74) is 25.4. The summed E-state index contributed by atoms with van der Waals surface area (Å²) < 4.78 is 0. The zero-order valence-corrected chi connectivity index (χ0v) is 10.2. The Hall–Kier alpha value is -4.25. The molecule has 0 aromatic heterocycles. The van der Waals surface area contributed by atoms with Crippen molar-refractivity contribution in [1.82, 2.24) is 4.90 Å². The first-order valence-corrected chi connectivity index (χ1v) is 5.22. The van der Waals surface area contributed by atoms with Gasteiger partial charge in [0.2, 0.25) is 35.8 Å². The minimum atomic E-state index is -0.278. The minimum Gasteiger partial charge on any atom is -0.213 e. The third kappa shape index (κ3) is 2.06. The van der Waals surface area contributed by atoms with Crippen molar-refractivity contribution in [3.05, 3.63) is 31.3 Å². The van der Waals surface area contributed by atoms with Gasteiger partial charge < -0.3 is 0 Å². The fourth-order valence-corrected chi connectivity index (χ4v) is 1.51. The standard InChI is InChI=1S/C6N16/c7-19-16-1-10-4-12-2(17-20-8)14-6-15-3(18-21-9)13-5(11-1)22(4)6. The van der Waals surface area contributed by atoms with Crippen LogP contribution in [0.5, 0.6) is 0 Å². The summed E-state index contributed by atoms with van der Waals surface area (Å²) in [6.45, 7) is 0. The smallest absolute Gasteiger partial charge is 0.213 e. The van der Waals surface area contributed by atoms with Crippen molar-refractivity contribution in [1.29, 1.82) is 0 Å². The van der Waals surface area contributed by atoms with Crippen LogP contribution in [0.1, 0.15) is 0 Å². The summed E-state index contributed by atoms with van der Waals surface area (Å²) in [5.74, 6) is -1.02. The Morgan fingerprint density at radius 2 is 0.909 bits per heavy atom. The van der Waals surface area contributed by atoms with E-state index in [2.05, 4.69) is 60.0 Å². The molecule has 0 radical (unpaired) electrons. The van der Waals surface area contributed by atoms with Gasteiger partial charge in [-0.2, -0.15) is 30.0 Å². The summed E-state index contributed by atoms with van der Waals surface area (Å²) in [4.78, 5) is 31.9. The molecule has 0 amide bonds. The lowest BCUT2D eigenvalue weighted by Crippen LogP contribution is -2.47. The van der Waals surface area contributed by atoms with Crippen molar-refractivity contribution >= 4 is 35.8 Å². The van der Waals surface area contributed by atoms with Crippen LogP contribution in [0.3, 0.4) is 0 Å². The van der Waals surface area contributed by atoms with Crippen molar-refractivity contribution in [2.75, 3.05) is 0 Å². The van der Waals surface area contributed by atoms with Crippen molar-refractivity contribution in [3.63, 3.8) is 0 Å². The summed E-state index contributed by atoms with van der Waals surface area (Å²) in [7, 11) is 0. The number of rotatable bonds is 0. The Morgan fingerprint density at radius 3 is 1.18 bits per heavy atom. The Bertz CT molecular complexity index is 768. The van der Waals surface area contributed by atoms with E-state index < -0.39 is 0 Å². The molecule has 3 rings (SSSR count). The van der Waals surface area contributed by atoms with Gasteiger partial charge in [-0.3, -0.25) is 0 Å². The number of aliphatic imine (C=N–C) groups is 6. The lowest BCUT2D eigenvalue weighted by molar-refractivity contribution is 0.823. The van der Waals surface area contributed by atoms with E-state index in [0.29, 0.717) is 0 Å². The van der Waals surface area contributed by atoms with Crippen LogP contribution in [0.2, 0.25) is 0 Å². The first-order valence-electron chi connectivity index (χ1n) is 5.22. The van der Waals surface area contributed by atoms with Crippen molar-refractivity contribution in [2.45, 2.75) is 0 Å². The molecule has 0 aliphatic carbocycles. The van der Waals surface area contributed by atoms with Gasteiger partial charge in [-0.25, -0.2) is 4.90 Å². The van der Waals surface area contributed by atoms with Gasteiger partial charge in [0.15, 0.2) is 0 Å². The van der Waals surface area contributed by atoms with Gasteiger partial charge in [0.1, 0.15) is 0 Å². The molecule has 22 heavy (non-hydrogen) atoms. The predicted octanol–water partition coefficient (Wildman–Crippen LogP) is 1.40. The molecule has 0 N–H and O–H groups in total. The molecule has 3 aliphatic heterocycles. The van der Waals surface area contributed by atoms with Crippen molar-refractivity contribution < 1.29 is 0 Å². The van der Waals surface area contributed by atoms with Gasteiger partial charge in [-0.15, -0.1) is 0 Å². The molecule has 0 saturated heterocycles. The fourth-order valence-electron chi connectivity index (χ4n) is 1.51. The topological polar surface area (TPSA) is 224 Å². The van der Waals surface area contributed by atoms with Gasteiger partial charge in [-0.05, 0) is 31.9 Å². The molecule has 0 unspecified atom stereocenters. The third-order valence-corrected chi connectivity index (χ3v) is 2.20. The van der Waals surface area contributed by atoms with Gasteiger partial charge in [0, 0.05) is 14.7 Å². The van der Waals surface area contributed by atoms with E-state index in [1.54, 1.807) is 0 Å². The Morgan fingerprint density at radius 1 is 0.591 bits per heavy atom. The lowest BCUT2D eigenvalue weighted by atomic mass is 10.5. The Balaban J connectivity index is 2.23. The highest BCUT2D eigenvalue weighted by Gasteiger charge is 2.34. The second-order valence-electron chi connectivity index (χ2n) is 3.37. The lowest BCUT2D eigenvalue weighted by Gasteiger charge is -2.28. The van der Waals surface area contributed by atoms with Crippen LogP contribution in [-0.4, -0.2) is 40.7 Å². The predicted molar refractivity (Wildman–Crippen MR) is 73.9 cm³/mol. The largest absolute Gasteiger partial charge is 0.243 e. The van der Waals surface area contributed by atoms with E-state index in [-0.39, 0.29) is 35.8 Å². The molecule has 0 aromatic rings. The normalized spacial score (nSPS) is 17.7. The van der Waals surface area contributed by atoms with Gasteiger partial charge in [0.25, 0.3) is 0 Å². The molecule has 16 heteroatoms. The average Bonchev–Trinajstić information content (AvgIpc) is 2.47. The highest BCUT2D eigenvalue weighted by molar-refractivity contribution is 6.30. The number of nitrogens with zero attached hydrogens (tertiary/aromatic N) is 16. The van der Waals surface area contributed by atoms with E-state index in [4.69, 9.17) is 16.6 Å². The van der Waals surface area contributed by atoms with Crippen LogP contribution < -0.4 is 0 Å². The summed E-state index contributed by atoms with van der Waals surface area (Å²) in [6, 6.07) is 0. The number of hydrogen-bond acceptors (Lipinski definition) is 10. The maximum Gasteiger partial charge on any atom is 0.243 e. The van der Waals surface area contributed by atoms with E-state index in [0.717, 1.165) is 0 Å². The maximum absolute atomic E-state index is 8.45. The Kier molecular flexibility index (Phi) is 2.92. The summed E-state index contributed by atoms with van der Waals surface area (Å²) in [6.07, 6.45) is 0. The molecule has 0 fully saturated rings. The second kappa shape index (κ2) is 5.03. The summed E-state index contributed by atoms with van der Waals surface area (Å²) in [5, 5.41) is 9.73. The Labute approximate surface area is 118 Å². The summed E-state index contributed by atoms with van der Waals surface area (Å²) >= 11 is 0. The van der Waals surface area contributed by atoms with Gasteiger partial charge in [0.05, 0.1) is 0 Å². The zero-order valence-electron chi connectivity index (χ0n) is 10.2. The molecule has 0 atom stereocenters.